The zero-order chi connectivity index (χ0) is 38.0. The van der Waals surface area contributed by atoms with Gasteiger partial charge in [-0.1, -0.05) is 33.3 Å². The Morgan fingerprint density at radius 1 is 0.962 bits per heavy atom. The minimum Gasteiger partial charge on any atom is -0.481 e. The van der Waals surface area contributed by atoms with Crippen LogP contribution in [-0.2, 0) is 25.7 Å². The van der Waals surface area contributed by atoms with E-state index in [1.54, 1.807) is 17.7 Å². The average Bonchev–Trinajstić information content (AvgIpc) is 3.61. The number of carboxylic acid groups (broad SMARTS) is 1. The lowest BCUT2D eigenvalue weighted by Crippen LogP contribution is -2.67. The molecule has 11 heteroatoms. The van der Waals surface area contributed by atoms with Crippen LogP contribution < -0.4 is 5.82 Å². The molecule has 52 heavy (non-hydrogen) atoms. The molecule has 282 valence electrons. The Bertz CT molecular complexity index is 1970. The van der Waals surface area contributed by atoms with Crippen molar-refractivity contribution in [3.05, 3.63) is 51.2 Å². The first-order chi connectivity index (χ1) is 24.1. The minimum absolute atomic E-state index is 0.00354. The van der Waals surface area contributed by atoms with E-state index in [1.807, 2.05) is 26.8 Å². The molecule has 2 aromatic heterocycles. The first kappa shape index (κ1) is 36.6. The molecule has 2 heterocycles. The molecule has 0 spiro atoms. The summed E-state index contributed by atoms with van der Waals surface area (Å²) in [5.41, 5.74) is -1.27. The second kappa shape index (κ2) is 11.6. The van der Waals surface area contributed by atoms with Gasteiger partial charge in [0.1, 0.15) is 5.69 Å². The van der Waals surface area contributed by atoms with Crippen LogP contribution in [0.5, 0.6) is 0 Å². The van der Waals surface area contributed by atoms with E-state index in [0.29, 0.717) is 49.9 Å². The van der Waals surface area contributed by atoms with Crippen LogP contribution in [0.1, 0.15) is 140 Å². The molecule has 5 aliphatic carbocycles. The molecule has 4 fully saturated rings. The number of allylic oxidation sites excluding steroid dienone is 2. The van der Waals surface area contributed by atoms with E-state index in [9.17, 15) is 29.1 Å². The zero-order valence-electron chi connectivity index (χ0n) is 32.1. The first-order valence-corrected chi connectivity index (χ1v) is 19.0. The van der Waals surface area contributed by atoms with E-state index in [2.05, 4.69) is 27.7 Å². The lowest BCUT2D eigenvalue weighted by molar-refractivity contribution is -0.209. The third-order valence-electron chi connectivity index (χ3n) is 15.9. The van der Waals surface area contributed by atoms with Crippen molar-refractivity contribution in [3.63, 3.8) is 0 Å². The summed E-state index contributed by atoms with van der Waals surface area (Å²) in [6, 6.07) is 1.22. The largest absolute Gasteiger partial charge is 0.519 e. The molecule has 0 bridgehead atoms. The fourth-order valence-electron chi connectivity index (χ4n) is 12.5. The Balaban J connectivity index is 1.32. The fraction of sp³-hybridized carbons (Fsp3) is 0.707. The summed E-state index contributed by atoms with van der Waals surface area (Å²) < 4.78 is 17.9. The summed E-state index contributed by atoms with van der Waals surface area (Å²) in [6.45, 7) is 17.4. The molecule has 4 saturated carbocycles. The number of hydrogen-bond donors (Lipinski definition) is 1. The molecule has 2 aromatic rings. The van der Waals surface area contributed by atoms with E-state index in [-0.39, 0.29) is 58.3 Å². The van der Waals surface area contributed by atoms with Gasteiger partial charge in [0.25, 0.3) is 0 Å². The third kappa shape index (κ3) is 4.88. The molecule has 1 N–H and O–H groups in total. The van der Waals surface area contributed by atoms with Gasteiger partial charge in [0.2, 0.25) is 0 Å². The normalized spacial score (nSPS) is 41.2. The topological polar surface area (TPSA) is 159 Å². The van der Waals surface area contributed by atoms with Crippen LogP contribution in [-0.4, -0.2) is 38.4 Å². The highest BCUT2D eigenvalue weighted by Crippen LogP contribution is 2.76. The first-order valence-electron chi connectivity index (χ1n) is 19.0. The predicted octanol–water partition coefficient (Wildman–Crippen LogP) is 7.58. The third-order valence-corrected chi connectivity index (χ3v) is 15.9. The van der Waals surface area contributed by atoms with Crippen molar-refractivity contribution < 1.29 is 37.9 Å². The summed E-state index contributed by atoms with van der Waals surface area (Å²) >= 11 is 0. The molecule has 0 saturated heterocycles. The van der Waals surface area contributed by atoms with Gasteiger partial charge in [0.05, 0.1) is 22.6 Å². The summed E-state index contributed by atoms with van der Waals surface area (Å²) in [6.07, 6.45) is 8.25. The number of aryl methyl sites for hydroxylation is 2. The fourth-order valence-corrected chi connectivity index (χ4v) is 12.5. The van der Waals surface area contributed by atoms with E-state index >= 15 is 0 Å². The van der Waals surface area contributed by atoms with Crippen molar-refractivity contribution in [2.45, 2.75) is 133 Å². The van der Waals surface area contributed by atoms with Gasteiger partial charge in [0.15, 0.2) is 29.7 Å². The number of aromatic nitrogens is 2. The van der Waals surface area contributed by atoms with Crippen LogP contribution >= 0.6 is 0 Å². The van der Waals surface area contributed by atoms with Crippen LogP contribution in [0.2, 0.25) is 0 Å². The average molecular weight is 719 g/mol. The number of aliphatic carboxylic acids is 1. The Kier molecular flexibility index (Phi) is 8.18. The summed E-state index contributed by atoms with van der Waals surface area (Å²) in [5.74, 6) is -2.57. The lowest BCUT2D eigenvalue weighted by Gasteiger charge is -2.70. The Morgan fingerprint density at radius 2 is 1.65 bits per heavy atom. The van der Waals surface area contributed by atoms with Gasteiger partial charge in [-0.2, -0.15) is 5.10 Å². The molecule has 0 aromatic carbocycles. The summed E-state index contributed by atoms with van der Waals surface area (Å²) in [5, 5.41) is 15.0. The molecule has 10 atom stereocenters. The molecule has 0 aliphatic heterocycles. The molecular formula is C41H54N2O9. The van der Waals surface area contributed by atoms with E-state index < -0.39 is 45.5 Å². The highest BCUT2D eigenvalue weighted by Gasteiger charge is 2.72. The number of carbonyl (C=O) groups is 4. The number of esters is 1. The minimum atomic E-state index is -1.21. The maximum absolute atomic E-state index is 15.0. The molecule has 0 radical (unpaired) electrons. The molecule has 7 rings (SSSR count). The number of carbonyl (C=O) groups excluding carboxylic acids is 3. The smallest absolute Gasteiger partial charge is 0.481 e. The SMILES string of the molecule is CC(=O)c1cc(C)nn1[C@H]1CC[C@@]2(C)[C@@H](CC[C@]3(C)[C@@H]2C(=O)C=C2[C@@H]4C[C@@](C)(C(=O)O)CC[C@]4(C)CC[C@]23C)[C@]1(C)C(=O)OCc1oc(=O)oc1C. The van der Waals surface area contributed by atoms with Crippen molar-refractivity contribution in [2.24, 2.45) is 50.2 Å². The zero-order valence-corrected chi connectivity index (χ0v) is 32.1. The van der Waals surface area contributed by atoms with Crippen LogP contribution in [0, 0.1) is 64.1 Å². The number of rotatable bonds is 6. The van der Waals surface area contributed by atoms with E-state index in [0.717, 1.165) is 24.8 Å². The molecular weight excluding hydrogens is 664 g/mol. The number of nitrogens with zero attached hydrogens (tertiary/aromatic N) is 2. The Morgan fingerprint density at radius 3 is 2.29 bits per heavy atom. The van der Waals surface area contributed by atoms with Gasteiger partial charge < -0.3 is 18.7 Å². The predicted molar refractivity (Wildman–Crippen MR) is 189 cm³/mol. The molecule has 0 amide bonds. The Hall–Kier alpha value is -3.76. The van der Waals surface area contributed by atoms with Crippen molar-refractivity contribution in [1.82, 2.24) is 9.78 Å². The number of hydrogen-bond acceptors (Lipinski definition) is 9. The number of ether oxygens (including phenoxy) is 1. The lowest BCUT2D eigenvalue weighted by atomic mass is 9.33. The van der Waals surface area contributed by atoms with Crippen LogP contribution in [0.15, 0.2) is 31.3 Å². The molecule has 0 unspecified atom stereocenters. The van der Waals surface area contributed by atoms with Gasteiger partial charge in [-0.3, -0.25) is 23.9 Å². The van der Waals surface area contributed by atoms with Gasteiger partial charge in [-0.05, 0) is 131 Å². The quantitative estimate of drug-likeness (QED) is 0.233. The number of Topliss-reactive ketones (excluding diaryl/α,β-unsaturated/α-hetero) is 1. The van der Waals surface area contributed by atoms with Gasteiger partial charge in [-0.15, -0.1) is 0 Å². The number of fused-ring (bicyclic) bond motifs is 7. The number of carboxylic acids is 1. The van der Waals surface area contributed by atoms with Crippen molar-refractivity contribution >= 4 is 23.5 Å². The van der Waals surface area contributed by atoms with Crippen LogP contribution in [0.3, 0.4) is 0 Å². The van der Waals surface area contributed by atoms with Crippen LogP contribution in [0.4, 0.5) is 0 Å². The second-order valence-corrected chi connectivity index (χ2v) is 18.6. The standard InChI is InChI=1S/C41H54N2O9/c1-22-18-27(23(2)44)43(42-22)31-11-12-38(6)30(41(31,9)34(48)50-21-29-24(3)51-35(49)52-29)10-13-40(8)32(38)28(45)19-25-26-20-37(5,33(46)47)15-14-36(26,4)16-17-39(25,40)7/h18-19,26,30-32H,10-17,20-21H2,1-9H3,(H,46,47)/t26-,30+,31-,32+,36+,37-,38-,39+,40+,41-/m0/s1. The second-order valence-electron chi connectivity index (χ2n) is 18.6. The summed E-state index contributed by atoms with van der Waals surface area (Å²) in [4.78, 5) is 67.0. The number of ketones is 2. The highest BCUT2D eigenvalue weighted by atomic mass is 16.6. The molecule has 11 nitrogen and oxygen atoms in total. The van der Waals surface area contributed by atoms with Crippen molar-refractivity contribution in [1.29, 1.82) is 0 Å². The maximum Gasteiger partial charge on any atom is 0.519 e. The van der Waals surface area contributed by atoms with Crippen LogP contribution in [0.25, 0.3) is 0 Å². The maximum atomic E-state index is 15.0. The summed E-state index contributed by atoms with van der Waals surface area (Å²) in [7, 11) is 0. The van der Waals surface area contributed by atoms with Gasteiger partial charge >= 0.3 is 17.8 Å². The molecule has 5 aliphatic rings. The monoisotopic (exact) mass is 718 g/mol. The van der Waals surface area contributed by atoms with E-state index in [1.165, 1.54) is 6.92 Å². The van der Waals surface area contributed by atoms with Crippen molar-refractivity contribution in [2.75, 3.05) is 0 Å². The van der Waals surface area contributed by atoms with Crippen molar-refractivity contribution in [3.8, 4) is 0 Å². The highest BCUT2D eigenvalue weighted by molar-refractivity contribution is 5.96. The Labute approximate surface area is 304 Å². The van der Waals surface area contributed by atoms with Gasteiger partial charge in [-0.25, -0.2) is 4.79 Å². The van der Waals surface area contributed by atoms with Gasteiger partial charge in [0, 0.05) is 12.8 Å². The van der Waals surface area contributed by atoms with E-state index in [4.69, 9.17) is 18.7 Å².